The smallest absolute Gasteiger partial charge is 0.229 e. The molecule has 1 aromatic carbocycles. The Balaban J connectivity index is 1.43. The number of fused-ring (bicyclic) bond motifs is 2. The summed E-state index contributed by atoms with van der Waals surface area (Å²) in [6, 6.07) is 10.5. The molecule has 6 aromatic rings. The third-order valence-corrected chi connectivity index (χ3v) is 7.66. The molecule has 6 rings (SSSR count). The zero-order valence-corrected chi connectivity index (χ0v) is 22.9. The number of imidazole rings is 1. The summed E-state index contributed by atoms with van der Waals surface area (Å²) in [7, 11) is 0. The highest BCUT2D eigenvalue weighted by molar-refractivity contribution is 7.17. The molecular weight excluding hydrogens is 529 g/mol. The third-order valence-electron chi connectivity index (χ3n) is 6.47. The lowest BCUT2D eigenvalue weighted by Gasteiger charge is -2.17. The van der Waals surface area contributed by atoms with Crippen LogP contribution in [0.3, 0.4) is 0 Å². The van der Waals surface area contributed by atoms with Gasteiger partial charge >= 0.3 is 0 Å². The molecular formula is C29H24FN7O2S. The van der Waals surface area contributed by atoms with Crippen LogP contribution in [0.25, 0.3) is 55.2 Å². The number of rotatable bonds is 5. The van der Waals surface area contributed by atoms with Crippen LogP contribution in [-0.2, 0) is 4.79 Å². The Morgan fingerprint density at radius 3 is 2.60 bits per heavy atom. The summed E-state index contributed by atoms with van der Waals surface area (Å²) in [5.74, 6) is -0.305. The van der Waals surface area contributed by atoms with Crippen LogP contribution in [0.2, 0.25) is 0 Å². The molecule has 200 valence electrons. The van der Waals surface area contributed by atoms with Gasteiger partial charge in [-0.25, -0.2) is 9.37 Å². The quantitative estimate of drug-likeness (QED) is 0.206. The molecule has 9 nitrogen and oxygen atoms in total. The number of anilines is 1. The number of nitrogens with zero attached hydrogens (tertiary/aromatic N) is 4. The normalized spacial score (nSPS) is 11.8. The Morgan fingerprint density at radius 1 is 1.02 bits per heavy atom. The molecule has 0 saturated heterocycles. The zero-order valence-electron chi connectivity index (χ0n) is 22.1. The number of ketones is 1. The molecule has 0 aliphatic heterocycles. The van der Waals surface area contributed by atoms with Crippen LogP contribution in [0.1, 0.15) is 37.4 Å². The minimum Gasteiger partial charge on any atom is -0.336 e. The minimum atomic E-state index is -0.590. The van der Waals surface area contributed by atoms with Crippen molar-refractivity contribution < 1.29 is 14.0 Å². The average Bonchev–Trinajstić information content (AvgIpc) is 3.66. The van der Waals surface area contributed by atoms with Gasteiger partial charge in [-0.15, -0.1) is 11.3 Å². The maximum atomic E-state index is 16.1. The van der Waals surface area contributed by atoms with Gasteiger partial charge in [0, 0.05) is 28.9 Å². The van der Waals surface area contributed by atoms with E-state index in [0.717, 1.165) is 4.88 Å². The van der Waals surface area contributed by atoms with Crippen LogP contribution in [0.5, 0.6) is 0 Å². The summed E-state index contributed by atoms with van der Waals surface area (Å²) in [6.45, 7) is 6.97. The van der Waals surface area contributed by atoms with Crippen molar-refractivity contribution in [3.8, 4) is 33.2 Å². The largest absolute Gasteiger partial charge is 0.336 e. The van der Waals surface area contributed by atoms with Gasteiger partial charge in [-0.05, 0) is 43.3 Å². The van der Waals surface area contributed by atoms with Crippen LogP contribution in [0.15, 0.2) is 55.0 Å². The zero-order chi connectivity index (χ0) is 28.2. The fourth-order valence-electron chi connectivity index (χ4n) is 4.32. The molecule has 5 aromatic heterocycles. The highest BCUT2D eigenvalue weighted by Crippen LogP contribution is 2.36. The first-order valence-electron chi connectivity index (χ1n) is 12.5. The van der Waals surface area contributed by atoms with E-state index >= 15 is 4.39 Å². The summed E-state index contributed by atoms with van der Waals surface area (Å²) >= 11 is 1.35. The van der Waals surface area contributed by atoms with E-state index in [0.29, 0.717) is 55.5 Å². The van der Waals surface area contributed by atoms with Gasteiger partial charge in [0.05, 0.1) is 38.1 Å². The number of Topliss-reactive ketones (excluding diaryl/α,β-unsaturated/α-hetero) is 1. The molecule has 0 aliphatic rings. The number of aromatic nitrogens is 6. The number of amides is 1. The van der Waals surface area contributed by atoms with Gasteiger partial charge in [-0.1, -0.05) is 20.8 Å². The van der Waals surface area contributed by atoms with Gasteiger partial charge < -0.3 is 10.3 Å². The first kappa shape index (κ1) is 25.5. The molecule has 0 saturated carbocycles. The van der Waals surface area contributed by atoms with Crippen molar-refractivity contribution in [1.82, 2.24) is 30.1 Å². The number of aromatic amines is 2. The summed E-state index contributed by atoms with van der Waals surface area (Å²) in [6.07, 6.45) is 4.73. The topological polar surface area (TPSA) is 129 Å². The maximum Gasteiger partial charge on any atom is 0.229 e. The van der Waals surface area contributed by atoms with Crippen molar-refractivity contribution in [3.63, 3.8) is 0 Å². The van der Waals surface area contributed by atoms with Crippen molar-refractivity contribution in [2.24, 2.45) is 5.41 Å². The van der Waals surface area contributed by atoms with Crippen LogP contribution < -0.4 is 5.32 Å². The molecule has 5 heterocycles. The number of nitrogens with one attached hydrogen (secondary N) is 3. The second-order valence-corrected chi connectivity index (χ2v) is 11.5. The van der Waals surface area contributed by atoms with Gasteiger partial charge in [0.15, 0.2) is 11.6 Å². The molecule has 1 amide bonds. The molecule has 3 N–H and O–H groups in total. The maximum absolute atomic E-state index is 16.1. The third kappa shape index (κ3) is 4.43. The first-order chi connectivity index (χ1) is 19.1. The molecule has 40 heavy (non-hydrogen) atoms. The second kappa shape index (κ2) is 9.45. The SMILES string of the molecule is CC(=O)c1ccc(-c2nccc3[nH]c(-c4n[nH]c5ccc(-c6cncc(NC(=O)C(C)(C)C)c6)c(F)c45)nc23)s1. The average molecular weight is 554 g/mol. The molecule has 0 aliphatic carbocycles. The number of carbonyl (C=O) groups excluding carboxylic acids is 2. The van der Waals surface area contributed by atoms with E-state index in [4.69, 9.17) is 4.98 Å². The number of hydrogen-bond acceptors (Lipinski definition) is 7. The summed E-state index contributed by atoms with van der Waals surface area (Å²) in [4.78, 5) is 42.4. The Hall–Kier alpha value is -4.77. The molecule has 0 bridgehead atoms. The van der Waals surface area contributed by atoms with Crippen molar-refractivity contribution in [3.05, 3.63) is 65.7 Å². The van der Waals surface area contributed by atoms with Crippen LogP contribution >= 0.6 is 11.3 Å². The van der Waals surface area contributed by atoms with Gasteiger partial charge in [0.25, 0.3) is 0 Å². The number of thiophene rings is 1. The minimum absolute atomic E-state index is 0.0160. The Bertz CT molecular complexity index is 1950. The van der Waals surface area contributed by atoms with Crippen molar-refractivity contribution in [2.45, 2.75) is 27.7 Å². The molecule has 0 atom stereocenters. The predicted octanol–water partition coefficient (Wildman–Crippen LogP) is 6.62. The van der Waals surface area contributed by atoms with Crippen LogP contribution in [-0.4, -0.2) is 41.8 Å². The van der Waals surface area contributed by atoms with Gasteiger partial charge in [0.2, 0.25) is 5.91 Å². The number of benzene rings is 1. The summed E-state index contributed by atoms with van der Waals surface area (Å²) in [5.41, 5.74) is 3.44. The standard InChI is InChI=1S/C29H24FN7O2S/c1-14(38)20-7-8-21(40-20)25-24-19(9-10-32-25)34-27(35-24)26-22-18(36-37-26)6-5-17(23(22)30)15-11-16(13-31-12-15)33-28(39)29(2,3)4/h5-13H,1-4H3,(H,33,39)(H,34,35)(H,36,37). The Labute approximate surface area is 231 Å². The lowest BCUT2D eigenvalue weighted by molar-refractivity contribution is -0.123. The lowest BCUT2D eigenvalue weighted by atomic mass is 9.95. The predicted molar refractivity (Wildman–Crippen MR) is 154 cm³/mol. The van der Waals surface area contributed by atoms with E-state index in [2.05, 4.69) is 30.5 Å². The number of pyridine rings is 2. The van der Waals surface area contributed by atoms with Crippen molar-refractivity contribution in [2.75, 3.05) is 5.32 Å². The molecule has 0 spiro atoms. The number of halogens is 1. The monoisotopic (exact) mass is 553 g/mol. The van der Waals surface area contributed by atoms with E-state index in [9.17, 15) is 9.59 Å². The van der Waals surface area contributed by atoms with Gasteiger partial charge in [0.1, 0.15) is 22.7 Å². The van der Waals surface area contributed by atoms with Crippen LogP contribution in [0, 0.1) is 11.2 Å². The Kier molecular flexibility index (Phi) is 6.03. The van der Waals surface area contributed by atoms with Crippen molar-refractivity contribution >= 4 is 50.7 Å². The second-order valence-electron chi connectivity index (χ2n) is 10.4. The fourth-order valence-corrected chi connectivity index (χ4v) is 5.22. The number of H-pyrrole nitrogens is 2. The van der Waals surface area contributed by atoms with E-state index in [1.807, 2.05) is 26.8 Å². The van der Waals surface area contributed by atoms with Gasteiger partial charge in [-0.2, -0.15) is 5.10 Å². The molecule has 0 fully saturated rings. The van der Waals surface area contributed by atoms with Gasteiger partial charge in [-0.3, -0.25) is 24.7 Å². The highest BCUT2D eigenvalue weighted by atomic mass is 32.1. The van der Waals surface area contributed by atoms with Crippen molar-refractivity contribution in [1.29, 1.82) is 0 Å². The van der Waals surface area contributed by atoms with Crippen LogP contribution in [0.4, 0.5) is 10.1 Å². The number of hydrogen-bond donors (Lipinski definition) is 3. The molecule has 0 unspecified atom stereocenters. The fraction of sp³-hybridized carbons (Fsp3) is 0.172. The molecule has 0 radical (unpaired) electrons. The van der Waals surface area contributed by atoms with E-state index < -0.39 is 11.2 Å². The highest BCUT2D eigenvalue weighted by Gasteiger charge is 2.23. The van der Waals surface area contributed by atoms with E-state index in [-0.39, 0.29) is 17.1 Å². The first-order valence-corrected chi connectivity index (χ1v) is 13.3. The lowest BCUT2D eigenvalue weighted by Crippen LogP contribution is -2.27. The summed E-state index contributed by atoms with van der Waals surface area (Å²) < 4.78 is 16.1. The van der Waals surface area contributed by atoms with E-state index in [1.54, 1.807) is 42.7 Å². The van der Waals surface area contributed by atoms with E-state index in [1.165, 1.54) is 24.5 Å². The number of carbonyl (C=O) groups is 2. The molecule has 11 heteroatoms. The Morgan fingerprint density at radius 2 is 1.85 bits per heavy atom. The summed E-state index contributed by atoms with van der Waals surface area (Å²) in [5, 5.41) is 10.4.